The number of aromatic nitrogens is 1. The van der Waals surface area contributed by atoms with Crippen molar-refractivity contribution in [2.75, 3.05) is 0 Å². The lowest BCUT2D eigenvalue weighted by molar-refractivity contribution is -0.384. The van der Waals surface area contributed by atoms with Crippen molar-refractivity contribution in [3.8, 4) is 0 Å². The Bertz CT molecular complexity index is 900. The Morgan fingerprint density at radius 3 is 2.58 bits per heavy atom. The molecule has 0 saturated heterocycles. The number of hydrogen-bond donors (Lipinski definition) is 1. The van der Waals surface area contributed by atoms with Crippen LogP contribution in [0.3, 0.4) is 0 Å². The van der Waals surface area contributed by atoms with Crippen molar-refractivity contribution >= 4 is 22.6 Å². The molecule has 0 aliphatic carbocycles. The smallest absolute Gasteiger partial charge is 0.303 e. The Balaban J connectivity index is 2.06. The van der Waals surface area contributed by atoms with Crippen LogP contribution in [0.15, 0.2) is 54.7 Å². The molecule has 122 valence electrons. The van der Waals surface area contributed by atoms with Crippen LogP contribution in [0.4, 0.5) is 5.69 Å². The second kappa shape index (κ2) is 6.54. The molecular formula is C18H16N2O4. The Labute approximate surface area is 138 Å². The number of nitro benzene ring substituents is 1. The highest BCUT2D eigenvalue weighted by Gasteiger charge is 2.14. The van der Waals surface area contributed by atoms with Crippen LogP contribution in [-0.4, -0.2) is 20.6 Å². The van der Waals surface area contributed by atoms with Crippen molar-refractivity contribution in [2.24, 2.45) is 0 Å². The highest BCUT2D eigenvalue weighted by Crippen LogP contribution is 2.27. The van der Waals surface area contributed by atoms with E-state index >= 15 is 0 Å². The maximum absolute atomic E-state index is 11.1. The number of nitro groups is 1. The molecule has 0 fully saturated rings. The van der Waals surface area contributed by atoms with Gasteiger partial charge in [0, 0.05) is 36.7 Å². The van der Waals surface area contributed by atoms with Crippen molar-refractivity contribution in [3.63, 3.8) is 0 Å². The number of carboxylic acids is 1. The summed E-state index contributed by atoms with van der Waals surface area (Å²) in [6.45, 7) is 0.575. The van der Waals surface area contributed by atoms with Crippen molar-refractivity contribution in [2.45, 2.75) is 19.4 Å². The maximum Gasteiger partial charge on any atom is 0.303 e. The van der Waals surface area contributed by atoms with Gasteiger partial charge in [0.2, 0.25) is 0 Å². The van der Waals surface area contributed by atoms with Gasteiger partial charge in [0.05, 0.1) is 10.4 Å². The van der Waals surface area contributed by atoms with E-state index in [0.717, 1.165) is 22.0 Å². The SMILES string of the molecule is O=C(O)CCc1cn(Cc2ccccc2)c2cc([N+](=O)[O-])ccc12. The Hall–Kier alpha value is -3.15. The molecule has 6 nitrogen and oxygen atoms in total. The molecule has 1 N–H and O–H groups in total. The molecule has 2 aromatic carbocycles. The number of fused-ring (bicyclic) bond motifs is 1. The van der Waals surface area contributed by atoms with Crippen LogP contribution in [0.1, 0.15) is 17.5 Å². The van der Waals surface area contributed by atoms with Gasteiger partial charge in [0.25, 0.3) is 5.69 Å². The van der Waals surface area contributed by atoms with Crippen molar-refractivity contribution in [1.29, 1.82) is 0 Å². The molecule has 0 aliphatic heterocycles. The largest absolute Gasteiger partial charge is 0.481 e. The van der Waals surface area contributed by atoms with Gasteiger partial charge in [-0.2, -0.15) is 0 Å². The van der Waals surface area contributed by atoms with Crippen LogP contribution < -0.4 is 0 Å². The molecule has 0 saturated carbocycles. The normalized spacial score (nSPS) is 10.8. The molecule has 1 heterocycles. The second-order valence-corrected chi connectivity index (χ2v) is 5.62. The third-order valence-electron chi connectivity index (χ3n) is 3.96. The average Bonchev–Trinajstić information content (AvgIpc) is 2.91. The number of hydrogen-bond acceptors (Lipinski definition) is 3. The monoisotopic (exact) mass is 324 g/mol. The molecule has 0 aliphatic rings. The van der Waals surface area contributed by atoms with Crippen molar-refractivity contribution < 1.29 is 14.8 Å². The maximum atomic E-state index is 11.1. The molecule has 0 radical (unpaired) electrons. The summed E-state index contributed by atoms with van der Waals surface area (Å²) in [5, 5.41) is 20.8. The number of aliphatic carboxylic acids is 1. The molecule has 24 heavy (non-hydrogen) atoms. The summed E-state index contributed by atoms with van der Waals surface area (Å²) in [6, 6.07) is 14.5. The van der Waals surface area contributed by atoms with Gasteiger partial charge in [-0.3, -0.25) is 14.9 Å². The van der Waals surface area contributed by atoms with Crippen molar-refractivity contribution in [1.82, 2.24) is 4.57 Å². The predicted molar refractivity (Wildman–Crippen MR) is 90.1 cm³/mol. The molecule has 0 amide bonds. The van der Waals surface area contributed by atoms with Crippen LogP contribution in [-0.2, 0) is 17.8 Å². The lowest BCUT2D eigenvalue weighted by Gasteiger charge is -2.05. The zero-order valence-corrected chi connectivity index (χ0v) is 12.9. The van der Waals surface area contributed by atoms with E-state index in [2.05, 4.69) is 0 Å². The van der Waals surface area contributed by atoms with E-state index < -0.39 is 10.9 Å². The molecule has 0 unspecified atom stereocenters. The fourth-order valence-electron chi connectivity index (χ4n) is 2.82. The first-order valence-electron chi connectivity index (χ1n) is 7.56. The topological polar surface area (TPSA) is 85.4 Å². The van der Waals surface area contributed by atoms with E-state index in [1.807, 2.05) is 41.1 Å². The zero-order chi connectivity index (χ0) is 17.1. The standard InChI is InChI=1S/C18H16N2O4/c21-18(22)9-6-14-12-19(11-13-4-2-1-3-5-13)17-10-15(20(23)24)7-8-16(14)17/h1-5,7-8,10,12H,6,9,11H2,(H,21,22). The van der Waals surface area contributed by atoms with Gasteiger partial charge >= 0.3 is 5.97 Å². The molecule has 0 spiro atoms. The van der Waals surface area contributed by atoms with Crippen LogP contribution in [0.5, 0.6) is 0 Å². The number of rotatable bonds is 6. The van der Waals surface area contributed by atoms with Gasteiger partial charge in [-0.25, -0.2) is 0 Å². The van der Waals surface area contributed by atoms with E-state index in [4.69, 9.17) is 5.11 Å². The summed E-state index contributed by atoms with van der Waals surface area (Å²) >= 11 is 0. The fourth-order valence-corrected chi connectivity index (χ4v) is 2.82. The lowest BCUT2D eigenvalue weighted by atomic mass is 10.1. The van der Waals surface area contributed by atoms with E-state index in [1.165, 1.54) is 6.07 Å². The third kappa shape index (κ3) is 3.27. The quantitative estimate of drug-likeness (QED) is 0.554. The molecule has 0 bridgehead atoms. The van der Waals surface area contributed by atoms with Crippen LogP contribution in [0, 0.1) is 10.1 Å². The first kappa shape index (κ1) is 15.7. The lowest BCUT2D eigenvalue weighted by Crippen LogP contribution is -1.98. The number of carboxylic acid groups (broad SMARTS) is 1. The highest BCUT2D eigenvalue weighted by molar-refractivity contribution is 5.86. The Kier molecular flexibility index (Phi) is 4.29. The van der Waals surface area contributed by atoms with E-state index in [9.17, 15) is 14.9 Å². The highest BCUT2D eigenvalue weighted by atomic mass is 16.6. The minimum absolute atomic E-state index is 0.0275. The molecular weight excluding hydrogens is 308 g/mol. The molecule has 0 atom stereocenters. The Morgan fingerprint density at radius 1 is 1.17 bits per heavy atom. The minimum atomic E-state index is -0.860. The summed E-state index contributed by atoms with van der Waals surface area (Å²) in [5.74, 6) is -0.860. The summed E-state index contributed by atoms with van der Waals surface area (Å²) in [7, 11) is 0. The first-order chi connectivity index (χ1) is 11.5. The van der Waals surface area contributed by atoms with Crippen LogP contribution in [0.25, 0.3) is 10.9 Å². The van der Waals surface area contributed by atoms with E-state index in [-0.39, 0.29) is 12.1 Å². The molecule has 3 aromatic rings. The van der Waals surface area contributed by atoms with Gasteiger partial charge in [-0.15, -0.1) is 0 Å². The molecule has 3 rings (SSSR count). The Morgan fingerprint density at radius 2 is 1.92 bits per heavy atom. The van der Waals surface area contributed by atoms with Crippen LogP contribution in [0.2, 0.25) is 0 Å². The van der Waals surface area contributed by atoms with Gasteiger partial charge < -0.3 is 9.67 Å². The zero-order valence-electron chi connectivity index (χ0n) is 12.9. The number of nitrogens with zero attached hydrogens (tertiary/aromatic N) is 2. The van der Waals surface area contributed by atoms with Gasteiger partial charge in [0.15, 0.2) is 0 Å². The summed E-state index contributed by atoms with van der Waals surface area (Å²) < 4.78 is 1.94. The predicted octanol–water partition coefficient (Wildman–Crippen LogP) is 3.62. The van der Waals surface area contributed by atoms with E-state index in [1.54, 1.807) is 12.1 Å². The van der Waals surface area contributed by atoms with Crippen molar-refractivity contribution in [3.05, 3.63) is 76.0 Å². The summed E-state index contributed by atoms with van der Waals surface area (Å²) in [6.07, 6.45) is 2.32. The number of aryl methyl sites for hydroxylation is 1. The van der Waals surface area contributed by atoms with Gasteiger partial charge in [-0.1, -0.05) is 30.3 Å². The van der Waals surface area contributed by atoms with Crippen LogP contribution >= 0.6 is 0 Å². The first-order valence-corrected chi connectivity index (χ1v) is 7.56. The molecule has 6 heteroatoms. The van der Waals surface area contributed by atoms with E-state index in [0.29, 0.717) is 13.0 Å². The third-order valence-corrected chi connectivity index (χ3v) is 3.96. The van der Waals surface area contributed by atoms with Gasteiger partial charge in [-0.05, 0) is 23.6 Å². The number of carbonyl (C=O) groups is 1. The second-order valence-electron chi connectivity index (χ2n) is 5.62. The number of non-ortho nitro benzene ring substituents is 1. The fraction of sp³-hybridized carbons (Fsp3) is 0.167. The summed E-state index contributed by atoms with van der Waals surface area (Å²) in [5.41, 5.74) is 2.73. The summed E-state index contributed by atoms with van der Waals surface area (Å²) in [4.78, 5) is 21.5. The number of benzene rings is 2. The molecule has 1 aromatic heterocycles. The average molecular weight is 324 g/mol. The minimum Gasteiger partial charge on any atom is -0.481 e. The van der Waals surface area contributed by atoms with Gasteiger partial charge in [0.1, 0.15) is 0 Å².